The van der Waals surface area contributed by atoms with Crippen molar-refractivity contribution >= 4 is 18.2 Å². The second-order valence-corrected chi connectivity index (χ2v) is 5.30. The van der Waals surface area contributed by atoms with Gasteiger partial charge in [0.25, 0.3) is 0 Å². The normalized spacial score (nSPS) is 16.0. The zero-order valence-electron chi connectivity index (χ0n) is 4.31. The summed E-state index contributed by atoms with van der Waals surface area (Å²) in [7, 11) is 0. The van der Waals surface area contributed by atoms with Crippen molar-refractivity contribution in [3.05, 3.63) is 0 Å². The van der Waals surface area contributed by atoms with Crippen molar-refractivity contribution in [2.75, 3.05) is 0 Å². The van der Waals surface area contributed by atoms with E-state index >= 15 is 0 Å². The molecule has 0 amide bonds. The van der Waals surface area contributed by atoms with Gasteiger partial charge >= 0.3 is 6.80 Å². The van der Waals surface area contributed by atoms with Crippen LogP contribution in [0.4, 0.5) is 0 Å². The molecule has 0 aliphatic carbocycles. The lowest BCUT2D eigenvalue weighted by atomic mass is 10.8. The van der Waals surface area contributed by atoms with Gasteiger partial charge in [-0.15, -0.1) is 0 Å². The van der Waals surface area contributed by atoms with E-state index in [1.807, 2.05) is 0 Å². The van der Waals surface area contributed by atoms with Crippen molar-refractivity contribution in [2.24, 2.45) is 5.73 Å². The summed E-state index contributed by atoms with van der Waals surface area (Å²) >= 11 is 0.456. The highest BCUT2D eigenvalue weighted by atomic mass is 32.7. The Hall–Kier alpha value is 0.460. The van der Waals surface area contributed by atoms with Crippen LogP contribution in [-0.4, -0.2) is 15.2 Å². The van der Waals surface area contributed by atoms with Gasteiger partial charge in [-0.1, -0.05) is 0 Å². The molecule has 0 spiro atoms. The fourth-order valence-electron chi connectivity index (χ4n) is 0.217. The topological polar surface area (TPSA) is 83.6 Å². The summed E-state index contributed by atoms with van der Waals surface area (Å²) in [6, 6.07) is 0. The zero-order valence-corrected chi connectivity index (χ0v) is 6.02. The molecule has 0 aromatic rings. The average Bonchev–Trinajstić information content (AvgIpc) is 1.21. The number of hydrogen-bond acceptors (Lipinski definition) is 3. The molecule has 4 N–H and O–H groups in total. The molecule has 0 bridgehead atoms. The molecule has 1 atom stereocenters. The van der Waals surface area contributed by atoms with Crippen LogP contribution in [0.2, 0.25) is 0 Å². The third kappa shape index (κ3) is 6.46. The fraction of sp³-hybridized carbons (Fsp3) is 1.00. The van der Waals surface area contributed by atoms with Crippen molar-refractivity contribution in [2.45, 2.75) is 12.3 Å². The predicted octanol–water partition coefficient (Wildman–Crippen LogP) is 0.117. The zero-order chi connectivity index (χ0) is 6.78. The van der Waals surface area contributed by atoms with Crippen LogP contribution in [-0.2, 0) is 4.57 Å². The van der Waals surface area contributed by atoms with Crippen molar-refractivity contribution in [1.82, 2.24) is 0 Å². The first-order valence-corrected chi connectivity index (χ1v) is 5.01. The number of rotatable bonds is 2. The van der Waals surface area contributed by atoms with E-state index in [-0.39, 0.29) is 0 Å². The van der Waals surface area contributed by atoms with Gasteiger partial charge in [-0.25, -0.2) is 4.57 Å². The van der Waals surface area contributed by atoms with Crippen LogP contribution in [0.1, 0.15) is 6.92 Å². The molecular weight excluding hydrogens is 149 g/mol. The van der Waals surface area contributed by atoms with Gasteiger partial charge in [-0.05, 0) is 18.3 Å². The quantitative estimate of drug-likeness (QED) is 0.391. The predicted molar refractivity (Wildman–Crippen MR) is 33.3 cm³/mol. The van der Waals surface area contributed by atoms with Crippen LogP contribution in [0.3, 0.4) is 0 Å². The number of hydrogen-bond donors (Lipinski definition) is 3. The molecule has 0 saturated heterocycles. The van der Waals surface area contributed by atoms with Crippen molar-refractivity contribution in [3.63, 3.8) is 0 Å². The van der Waals surface area contributed by atoms with Crippen LogP contribution >= 0.6 is 18.2 Å². The minimum atomic E-state index is -3.93. The molecule has 0 aliphatic rings. The Balaban J connectivity index is 3.56. The Kier molecular flexibility index (Phi) is 3.01. The van der Waals surface area contributed by atoms with Gasteiger partial charge in [0.15, 0.2) is 0 Å². The smallest absolute Gasteiger partial charge is 0.319 e. The first-order chi connectivity index (χ1) is 3.42. The molecule has 8 heavy (non-hydrogen) atoms. The summed E-state index contributed by atoms with van der Waals surface area (Å²) in [5, 5.41) is -0.504. The molecule has 0 aromatic carbocycles. The molecule has 1 unspecified atom stereocenters. The largest absolute Gasteiger partial charge is 0.385 e. The van der Waals surface area contributed by atoms with Crippen molar-refractivity contribution < 1.29 is 14.4 Å². The second kappa shape index (κ2) is 2.85. The lowest BCUT2D eigenvalue weighted by Crippen LogP contribution is -2.08. The molecule has 6 heteroatoms. The van der Waals surface area contributed by atoms with Crippen LogP contribution in [0.15, 0.2) is 0 Å². The van der Waals surface area contributed by atoms with Gasteiger partial charge in [0.05, 0.1) is 5.37 Å². The van der Waals surface area contributed by atoms with Gasteiger partial charge in [0, 0.05) is 0 Å². The molecular formula is C2H8NO3PS. The van der Waals surface area contributed by atoms with E-state index < -0.39 is 12.2 Å². The summed E-state index contributed by atoms with van der Waals surface area (Å²) in [6.07, 6.45) is 0. The van der Waals surface area contributed by atoms with Crippen LogP contribution in [0.5, 0.6) is 0 Å². The maximum absolute atomic E-state index is 10.0. The standard InChI is InChI=1S/C2H8NO3PS/c1-2(3)8-7(4,5)6/h2H,3H2,1H3,(H2,4,5,6). The Morgan fingerprint density at radius 3 is 2.12 bits per heavy atom. The van der Waals surface area contributed by atoms with Crippen LogP contribution < -0.4 is 5.73 Å². The Bertz CT molecular complexity index is 110. The van der Waals surface area contributed by atoms with E-state index in [1.165, 1.54) is 6.92 Å². The van der Waals surface area contributed by atoms with Gasteiger partial charge < -0.3 is 15.5 Å². The molecule has 0 radical (unpaired) electrons. The SMILES string of the molecule is CC(N)SP(=O)(O)O. The Morgan fingerprint density at radius 1 is 1.75 bits per heavy atom. The second-order valence-electron chi connectivity index (χ2n) is 1.30. The Morgan fingerprint density at radius 2 is 2.12 bits per heavy atom. The highest BCUT2D eigenvalue weighted by Gasteiger charge is 2.15. The maximum atomic E-state index is 10.0. The lowest BCUT2D eigenvalue weighted by molar-refractivity contribution is 0.396. The minimum Gasteiger partial charge on any atom is -0.319 e. The van der Waals surface area contributed by atoms with E-state index in [1.54, 1.807) is 0 Å². The van der Waals surface area contributed by atoms with E-state index in [0.29, 0.717) is 11.4 Å². The summed E-state index contributed by atoms with van der Waals surface area (Å²) < 4.78 is 10.0. The first-order valence-electron chi connectivity index (χ1n) is 1.91. The molecule has 0 fully saturated rings. The lowest BCUT2D eigenvalue weighted by Gasteiger charge is -2.03. The first kappa shape index (κ1) is 8.46. The molecule has 0 aromatic heterocycles. The molecule has 4 nitrogen and oxygen atoms in total. The maximum Gasteiger partial charge on any atom is 0.385 e. The summed E-state index contributed by atoms with van der Waals surface area (Å²) in [6.45, 7) is -2.41. The third-order valence-corrected chi connectivity index (χ3v) is 2.73. The molecule has 0 heterocycles. The summed E-state index contributed by atoms with van der Waals surface area (Å²) in [5.74, 6) is 0. The molecule has 0 saturated carbocycles. The highest BCUT2D eigenvalue weighted by molar-refractivity contribution is 8.54. The van der Waals surface area contributed by atoms with E-state index in [2.05, 4.69) is 0 Å². The average molecular weight is 157 g/mol. The minimum absolute atomic E-state index is 0.456. The van der Waals surface area contributed by atoms with E-state index in [4.69, 9.17) is 15.5 Å². The summed E-state index contributed by atoms with van der Waals surface area (Å²) in [4.78, 5) is 16.4. The number of nitrogens with two attached hydrogens (primary N) is 1. The molecule has 0 rings (SSSR count). The van der Waals surface area contributed by atoms with Crippen LogP contribution in [0.25, 0.3) is 0 Å². The van der Waals surface area contributed by atoms with E-state index in [9.17, 15) is 4.57 Å². The monoisotopic (exact) mass is 157 g/mol. The molecule has 0 aliphatic heterocycles. The van der Waals surface area contributed by atoms with Gasteiger partial charge in [-0.2, -0.15) is 0 Å². The molecule has 50 valence electrons. The van der Waals surface area contributed by atoms with Gasteiger partial charge in [0.1, 0.15) is 0 Å². The van der Waals surface area contributed by atoms with Gasteiger partial charge in [-0.3, -0.25) is 0 Å². The Labute approximate surface area is 51.4 Å². The third-order valence-electron chi connectivity index (χ3n) is 0.304. The van der Waals surface area contributed by atoms with E-state index in [0.717, 1.165) is 0 Å². The van der Waals surface area contributed by atoms with Crippen molar-refractivity contribution in [3.8, 4) is 0 Å². The van der Waals surface area contributed by atoms with Crippen molar-refractivity contribution in [1.29, 1.82) is 0 Å². The summed E-state index contributed by atoms with van der Waals surface area (Å²) in [5.41, 5.74) is 5.05. The highest BCUT2D eigenvalue weighted by Crippen LogP contribution is 2.51. The van der Waals surface area contributed by atoms with Gasteiger partial charge in [0.2, 0.25) is 0 Å². The fourth-order valence-corrected chi connectivity index (χ4v) is 1.95. The van der Waals surface area contributed by atoms with Crippen LogP contribution in [0, 0.1) is 0 Å².